The first-order valence-corrected chi connectivity index (χ1v) is 4.84. The number of benzene rings is 1. The zero-order chi connectivity index (χ0) is 9.26. The van der Waals surface area contributed by atoms with Crippen LogP contribution in [0.1, 0.15) is 24.4 Å². The highest BCUT2D eigenvalue weighted by atomic mass is 35.5. The normalized spacial score (nSPS) is 22.2. The number of hydrogen-bond donors (Lipinski definition) is 1. The SMILES string of the molecule is Fc1cccc([C@@H]2CCCN2)c1Cl. The average molecular weight is 200 g/mol. The van der Waals surface area contributed by atoms with Crippen molar-refractivity contribution in [1.82, 2.24) is 5.32 Å². The molecule has 13 heavy (non-hydrogen) atoms. The standard InChI is InChI=1S/C10H11ClFN/c11-10-7(3-1-4-8(10)12)9-5-2-6-13-9/h1,3-4,9,13H,2,5-6H2/t9-/m0/s1. The fourth-order valence-corrected chi connectivity index (χ4v) is 2.00. The highest BCUT2D eigenvalue weighted by Gasteiger charge is 2.19. The van der Waals surface area contributed by atoms with Gasteiger partial charge in [0.2, 0.25) is 0 Å². The molecule has 0 spiro atoms. The first-order valence-electron chi connectivity index (χ1n) is 4.46. The Balaban J connectivity index is 2.33. The second-order valence-electron chi connectivity index (χ2n) is 3.29. The van der Waals surface area contributed by atoms with Gasteiger partial charge in [0.15, 0.2) is 0 Å². The van der Waals surface area contributed by atoms with Crippen molar-refractivity contribution in [2.45, 2.75) is 18.9 Å². The van der Waals surface area contributed by atoms with E-state index >= 15 is 0 Å². The van der Waals surface area contributed by atoms with Gasteiger partial charge in [-0.25, -0.2) is 4.39 Å². The molecule has 0 bridgehead atoms. The Kier molecular flexibility index (Phi) is 2.51. The van der Waals surface area contributed by atoms with Crippen LogP contribution in [0.2, 0.25) is 5.02 Å². The van der Waals surface area contributed by atoms with Gasteiger partial charge in [-0.05, 0) is 31.0 Å². The second-order valence-corrected chi connectivity index (χ2v) is 3.67. The number of halogens is 2. The minimum atomic E-state index is -0.326. The molecular weight excluding hydrogens is 189 g/mol. The Labute approximate surface area is 81.9 Å². The maximum absolute atomic E-state index is 13.1. The van der Waals surface area contributed by atoms with Gasteiger partial charge in [-0.3, -0.25) is 0 Å². The van der Waals surface area contributed by atoms with E-state index in [1.54, 1.807) is 6.07 Å². The van der Waals surface area contributed by atoms with E-state index in [2.05, 4.69) is 5.32 Å². The van der Waals surface area contributed by atoms with Gasteiger partial charge in [0.1, 0.15) is 5.82 Å². The Morgan fingerprint density at radius 2 is 2.31 bits per heavy atom. The largest absolute Gasteiger partial charge is 0.310 e. The number of nitrogens with one attached hydrogen (secondary N) is 1. The maximum atomic E-state index is 13.1. The summed E-state index contributed by atoms with van der Waals surface area (Å²) in [5, 5.41) is 3.56. The third kappa shape index (κ3) is 1.69. The average Bonchev–Trinajstić information content (AvgIpc) is 2.62. The summed E-state index contributed by atoms with van der Waals surface area (Å²) in [7, 11) is 0. The smallest absolute Gasteiger partial charge is 0.142 e. The molecule has 0 unspecified atom stereocenters. The summed E-state index contributed by atoms with van der Waals surface area (Å²) in [6.07, 6.45) is 2.18. The van der Waals surface area contributed by atoms with E-state index in [1.165, 1.54) is 6.07 Å². The molecule has 1 heterocycles. The van der Waals surface area contributed by atoms with Crippen LogP contribution in [0.3, 0.4) is 0 Å². The molecule has 3 heteroatoms. The van der Waals surface area contributed by atoms with E-state index < -0.39 is 0 Å². The van der Waals surface area contributed by atoms with Crippen LogP contribution in [0.4, 0.5) is 4.39 Å². The van der Waals surface area contributed by atoms with Gasteiger partial charge in [0, 0.05) is 6.04 Å². The van der Waals surface area contributed by atoms with Gasteiger partial charge in [0.05, 0.1) is 5.02 Å². The van der Waals surface area contributed by atoms with Gasteiger partial charge >= 0.3 is 0 Å². The molecule has 0 aromatic heterocycles. The maximum Gasteiger partial charge on any atom is 0.142 e. The summed E-state index contributed by atoms with van der Waals surface area (Å²) < 4.78 is 13.1. The summed E-state index contributed by atoms with van der Waals surface area (Å²) in [6, 6.07) is 5.22. The van der Waals surface area contributed by atoms with Crippen molar-refractivity contribution in [1.29, 1.82) is 0 Å². The van der Waals surface area contributed by atoms with E-state index in [4.69, 9.17) is 11.6 Å². The van der Waals surface area contributed by atoms with Crippen LogP contribution in [0.25, 0.3) is 0 Å². The van der Waals surface area contributed by atoms with E-state index in [9.17, 15) is 4.39 Å². The lowest BCUT2D eigenvalue weighted by Gasteiger charge is -2.12. The Bertz CT molecular complexity index is 308. The molecule has 0 amide bonds. The van der Waals surface area contributed by atoms with Crippen LogP contribution in [-0.2, 0) is 0 Å². The third-order valence-electron chi connectivity index (χ3n) is 2.42. The first kappa shape index (κ1) is 8.97. The molecule has 2 rings (SSSR count). The zero-order valence-electron chi connectivity index (χ0n) is 7.19. The molecule has 1 aromatic carbocycles. The molecule has 1 aliphatic heterocycles. The molecule has 0 radical (unpaired) electrons. The minimum Gasteiger partial charge on any atom is -0.310 e. The van der Waals surface area contributed by atoms with Crippen molar-refractivity contribution in [2.24, 2.45) is 0 Å². The predicted molar refractivity (Wildman–Crippen MR) is 51.4 cm³/mol. The Hall–Kier alpha value is -0.600. The summed E-state index contributed by atoms with van der Waals surface area (Å²) >= 11 is 5.86. The highest BCUT2D eigenvalue weighted by molar-refractivity contribution is 6.31. The van der Waals surface area contributed by atoms with Gasteiger partial charge < -0.3 is 5.32 Å². The molecule has 1 atom stereocenters. The van der Waals surface area contributed by atoms with Crippen molar-refractivity contribution >= 4 is 11.6 Å². The molecule has 1 N–H and O–H groups in total. The van der Waals surface area contributed by atoms with Crippen LogP contribution < -0.4 is 5.32 Å². The molecule has 1 saturated heterocycles. The van der Waals surface area contributed by atoms with Gasteiger partial charge in [0.25, 0.3) is 0 Å². The lowest BCUT2D eigenvalue weighted by atomic mass is 10.1. The lowest BCUT2D eigenvalue weighted by Crippen LogP contribution is -2.13. The summed E-state index contributed by atoms with van der Waals surface area (Å²) in [5.41, 5.74) is 0.888. The van der Waals surface area contributed by atoms with E-state index in [0.717, 1.165) is 24.9 Å². The molecule has 0 aliphatic carbocycles. The molecule has 0 saturated carbocycles. The van der Waals surface area contributed by atoms with Crippen molar-refractivity contribution in [3.05, 3.63) is 34.6 Å². The number of hydrogen-bond acceptors (Lipinski definition) is 1. The molecule has 70 valence electrons. The first-order chi connectivity index (χ1) is 6.29. The molecular formula is C10H11ClFN. The van der Waals surface area contributed by atoms with E-state index in [0.29, 0.717) is 0 Å². The van der Waals surface area contributed by atoms with Gasteiger partial charge in [-0.15, -0.1) is 0 Å². The quantitative estimate of drug-likeness (QED) is 0.734. The van der Waals surface area contributed by atoms with Crippen molar-refractivity contribution in [2.75, 3.05) is 6.54 Å². The molecule has 1 fully saturated rings. The monoisotopic (exact) mass is 199 g/mol. The summed E-state index contributed by atoms with van der Waals surface area (Å²) in [4.78, 5) is 0. The summed E-state index contributed by atoms with van der Waals surface area (Å²) in [5.74, 6) is -0.326. The van der Waals surface area contributed by atoms with Gasteiger partial charge in [-0.2, -0.15) is 0 Å². The van der Waals surface area contributed by atoms with Crippen molar-refractivity contribution in [3.63, 3.8) is 0 Å². The minimum absolute atomic E-state index is 0.239. The predicted octanol–water partition coefficient (Wildman–Crippen LogP) is 2.90. The Morgan fingerprint density at radius 1 is 1.46 bits per heavy atom. The van der Waals surface area contributed by atoms with E-state index in [1.807, 2.05) is 6.07 Å². The zero-order valence-corrected chi connectivity index (χ0v) is 7.94. The van der Waals surface area contributed by atoms with E-state index in [-0.39, 0.29) is 16.9 Å². The number of rotatable bonds is 1. The van der Waals surface area contributed by atoms with Crippen LogP contribution in [0, 0.1) is 5.82 Å². The summed E-state index contributed by atoms with van der Waals surface area (Å²) in [6.45, 7) is 0.998. The highest BCUT2D eigenvalue weighted by Crippen LogP contribution is 2.30. The third-order valence-corrected chi connectivity index (χ3v) is 2.82. The topological polar surface area (TPSA) is 12.0 Å². The van der Waals surface area contributed by atoms with Crippen molar-refractivity contribution < 1.29 is 4.39 Å². The van der Waals surface area contributed by atoms with Crippen LogP contribution in [0.5, 0.6) is 0 Å². The van der Waals surface area contributed by atoms with Crippen LogP contribution in [0.15, 0.2) is 18.2 Å². The fourth-order valence-electron chi connectivity index (χ4n) is 1.74. The van der Waals surface area contributed by atoms with Crippen LogP contribution >= 0.6 is 11.6 Å². The van der Waals surface area contributed by atoms with Crippen molar-refractivity contribution in [3.8, 4) is 0 Å². The molecule has 1 aromatic rings. The Morgan fingerprint density at radius 3 is 3.00 bits per heavy atom. The fraction of sp³-hybridized carbons (Fsp3) is 0.400. The molecule has 1 aliphatic rings. The lowest BCUT2D eigenvalue weighted by molar-refractivity contribution is 0.607. The van der Waals surface area contributed by atoms with Crippen LogP contribution in [-0.4, -0.2) is 6.54 Å². The second kappa shape index (κ2) is 3.64. The van der Waals surface area contributed by atoms with Gasteiger partial charge in [-0.1, -0.05) is 23.7 Å². The molecule has 1 nitrogen and oxygen atoms in total.